The number of carbonyl (C=O) groups is 1. The van der Waals surface area contributed by atoms with Crippen LogP contribution >= 0.6 is 15.9 Å². The van der Waals surface area contributed by atoms with Crippen LogP contribution in [0.5, 0.6) is 0 Å². The number of amides is 1. The highest BCUT2D eigenvalue weighted by molar-refractivity contribution is 9.09. The van der Waals surface area contributed by atoms with Crippen LogP contribution in [0.15, 0.2) is 24.3 Å². The molecular formula is C12H15BrN2O4. The molecule has 0 heterocycles. The summed E-state index contributed by atoms with van der Waals surface area (Å²) in [5.74, 6) is -0.437. The van der Waals surface area contributed by atoms with Crippen molar-refractivity contribution in [3.8, 4) is 0 Å². The molecule has 0 saturated carbocycles. The Labute approximate surface area is 119 Å². The van der Waals surface area contributed by atoms with Crippen molar-refractivity contribution in [3.63, 3.8) is 0 Å². The number of nitrogens with zero attached hydrogens (tertiary/aromatic N) is 1. The molecule has 0 spiro atoms. The molecule has 104 valence electrons. The minimum Gasteiger partial charge on any atom is -0.381 e. The van der Waals surface area contributed by atoms with Crippen molar-refractivity contribution in [2.24, 2.45) is 0 Å². The largest absolute Gasteiger partial charge is 0.381 e. The van der Waals surface area contributed by atoms with Crippen molar-refractivity contribution in [3.05, 3.63) is 39.9 Å². The number of nitro groups is 1. The number of benzene rings is 1. The Morgan fingerprint density at radius 3 is 2.79 bits per heavy atom. The molecule has 1 rings (SSSR count). The van der Waals surface area contributed by atoms with Crippen LogP contribution in [0.1, 0.15) is 16.8 Å². The van der Waals surface area contributed by atoms with Gasteiger partial charge in [0.05, 0.1) is 11.5 Å². The van der Waals surface area contributed by atoms with E-state index in [1.165, 1.54) is 18.2 Å². The average Bonchev–Trinajstić information content (AvgIpc) is 2.42. The first-order valence-corrected chi connectivity index (χ1v) is 6.94. The molecule has 0 aromatic heterocycles. The van der Waals surface area contributed by atoms with Gasteiger partial charge in [-0.15, -0.1) is 0 Å². The van der Waals surface area contributed by atoms with Gasteiger partial charge in [-0.1, -0.05) is 28.1 Å². The minimum atomic E-state index is -0.561. The smallest absolute Gasteiger partial charge is 0.282 e. The number of halogens is 1. The van der Waals surface area contributed by atoms with Crippen molar-refractivity contribution in [2.45, 2.75) is 6.42 Å². The lowest BCUT2D eigenvalue weighted by Gasteiger charge is -2.06. The second kappa shape index (κ2) is 8.60. The van der Waals surface area contributed by atoms with Crippen LogP contribution in [-0.4, -0.2) is 35.9 Å². The maximum absolute atomic E-state index is 11.8. The van der Waals surface area contributed by atoms with E-state index < -0.39 is 10.8 Å². The topological polar surface area (TPSA) is 81.5 Å². The summed E-state index contributed by atoms with van der Waals surface area (Å²) in [4.78, 5) is 22.0. The number of hydrogen-bond acceptors (Lipinski definition) is 4. The molecule has 0 aliphatic heterocycles. The van der Waals surface area contributed by atoms with E-state index in [4.69, 9.17) is 4.74 Å². The minimum absolute atomic E-state index is 0.0777. The first kappa shape index (κ1) is 15.6. The van der Waals surface area contributed by atoms with Gasteiger partial charge in [-0.05, 0) is 12.5 Å². The number of ether oxygens (including phenoxy) is 1. The van der Waals surface area contributed by atoms with E-state index in [1.807, 2.05) is 0 Å². The molecule has 0 bridgehead atoms. The van der Waals surface area contributed by atoms with E-state index in [9.17, 15) is 14.9 Å². The zero-order valence-electron chi connectivity index (χ0n) is 10.3. The normalized spacial score (nSPS) is 10.2. The third-order valence-electron chi connectivity index (χ3n) is 2.32. The summed E-state index contributed by atoms with van der Waals surface area (Å²) in [5, 5.41) is 14.2. The van der Waals surface area contributed by atoms with Gasteiger partial charge in [-0.2, -0.15) is 0 Å². The van der Waals surface area contributed by atoms with Crippen molar-refractivity contribution >= 4 is 27.5 Å². The van der Waals surface area contributed by atoms with E-state index in [-0.39, 0.29) is 11.3 Å². The number of nitrogens with one attached hydrogen (secondary N) is 1. The van der Waals surface area contributed by atoms with Gasteiger partial charge >= 0.3 is 0 Å². The van der Waals surface area contributed by atoms with E-state index in [1.54, 1.807) is 6.07 Å². The van der Waals surface area contributed by atoms with Crippen molar-refractivity contribution in [2.75, 3.05) is 25.1 Å². The fraction of sp³-hybridized carbons (Fsp3) is 0.417. The molecule has 1 N–H and O–H groups in total. The SMILES string of the molecule is O=C(NCCCOCCBr)c1ccccc1[N+](=O)[O-]. The molecule has 6 nitrogen and oxygen atoms in total. The van der Waals surface area contributed by atoms with Crippen molar-refractivity contribution in [1.82, 2.24) is 5.32 Å². The maximum Gasteiger partial charge on any atom is 0.282 e. The quantitative estimate of drug-likeness (QED) is 0.342. The maximum atomic E-state index is 11.8. The molecule has 0 atom stereocenters. The number of para-hydroxylation sites is 1. The summed E-state index contributed by atoms with van der Waals surface area (Å²) in [6.45, 7) is 1.59. The van der Waals surface area contributed by atoms with Crippen LogP contribution in [0.2, 0.25) is 0 Å². The van der Waals surface area contributed by atoms with Crippen LogP contribution in [0.25, 0.3) is 0 Å². The molecule has 0 saturated heterocycles. The summed E-state index contributed by atoms with van der Waals surface area (Å²) in [6.07, 6.45) is 0.666. The second-order valence-electron chi connectivity index (χ2n) is 3.69. The first-order valence-electron chi connectivity index (χ1n) is 5.82. The zero-order chi connectivity index (χ0) is 14.1. The van der Waals surface area contributed by atoms with Crippen molar-refractivity contribution < 1.29 is 14.5 Å². The van der Waals surface area contributed by atoms with Gasteiger partial charge in [-0.3, -0.25) is 14.9 Å². The van der Waals surface area contributed by atoms with Gasteiger partial charge in [0.1, 0.15) is 5.56 Å². The third-order valence-corrected chi connectivity index (χ3v) is 2.64. The standard InChI is InChI=1S/C12H15BrN2O4/c13-6-9-19-8-3-7-14-12(16)10-4-1-2-5-11(10)15(17)18/h1-2,4-5H,3,6-9H2,(H,14,16). The lowest BCUT2D eigenvalue weighted by Crippen LogP contribution is -2.26. The highest BCUT2D eigenvalue weighted by atomic mass is 79.9. The van der Waals surface area contributed by atoms with E-state index in [2.05, 4.69) is 21.2 Å². The predicted octanol–water partition coefficient (Wildman–Crippen LogP) is 2.13. The third kappa shape index (κ3) is 5.35. The fourth-order valence-corrected chi connectivity index (χ4v) is 1.68. The van der Waals surface area contributed by atoms with Gasteiger partial charge in [-0.25, -0.2) is 0 Å². The molecule has 0 unspecified atom stereocenters. The van der Waals surface area contributed by atoms with Crippen LogP contribution < -0.4 is 5.32 Å². The number of hydrogen-bond donors (Lipinski definition) is 1. The molecule has 1 aromatic carbocycles. The Morgan fingerprint density at radius 1 is 1.37 bits per heavy atom. The summed E-state index contributed by atoms with van der Waals surface area (Å²) in [6, 6.07) is 5.88. The van der Waals surface area contributed by atoms with Gasteiger partial charge in [0.25, 0.3) is 11.6 Å². The lowest BCUT2D eigenvalue weighted by molar-refractivity contribution is -0.385. The van der Waals surface area contributed by atoms with Gasteiger partial charge in [0.15, 0.2) is 0 Å². The molecule has 0 radical (unpaired) electrons. The number of rotatable bonds is 8. The molecule has 1 aromatic rings. The highest BCUT2D eigenvalue weighted by Gasteiger charge is 2.18. The number of carbonyl (C=O) groups excluding carboxylic acids is 1. The fourth-order valence-electron chi connectivity index (χ4n) is 1.45. The van der Waals surface area contributed by atoms with E-state index in [0.29, 0.717) is 26.2 Å². The Balaban J connectivity index is 2.43. The monoisotopic (exact) mass is 330 g/mol. The zero-order valence-corrected chi connectivity index (χ0v) is 11.9. The Bertz CT molecular complexity index is 439. The average molecular weight is 331 g/mol. The predicted molar refractivity (Wildman–Crippen MR) is 74.7 cm³/mol. The molecule has 0 fully saturated rings. The summed E-state index contributed by atoms with van der Waals surface area (Å²) in [5.41, 5.74) is -0.107. The van der Waals surface area contributed by atoms with Crippen LogP contribution in [-0.2, 0) is 4.74 Å². The van der Waals surface area contributed by atoms with Crippen LogP contribution in [0.3, 0.4) is 0 Å². The van der Waals surface area contributed by atoms with Crippen molar-refractivity contribution in [1.29, 1.82) is 0 Å². The van der Waals surface area contributed by atoms with Gasteiger partial charge in [0.2, 0.25) is 0 Å². The second-order valence-corrected chi connectivity index (χ2v) is 4.48. The highest BCUT2D eigenvalue weighted by Crippen LogP contribution is 2.17. The van der Waals surface area contributed by atoms with Crippen LogP contribution in [0.4, 0.5) is 5.69 Å². The Morgan fingerprint density at radius 2 is 2.11 bits per heavy atom. The molecule has 1 amide bonds. The van der Waals surface area contributed by atoms with Gasteiger partial charge < -0.3 is 10.1 Å². The molecular weight excluding hydrogens is 316 g/mol. The number of alkyl halides is 1. The van der Waals surface area contributed by atoms with E-state index in [0.717, 1.165) is 5.33 Å². The first-order chi connectivity index (χ1) is 9.16. The Hall–Kier alpha value is -1.47. The van der Waals surface area contributed by atoms with Gasteiger partial charge in [0, 0.05) is 24.5 Å². The molecule has 7 heteroatoms. The lowest BCUT2D eigenvalue weighted by atomic mass is 10.1. The summed E-state index contributed by atoms with van der Waals surface area (Å²) >= 11 is 3.24. The molecule has 0 aliphatic carbocycles. The molecule has 0 aliphatic rings. The summed E-state index contributed by atoms with van der Waals surface area (Å²) < 4.78 is 5.23. The van der Waals surface area contributed by atoms with Crippen LogP contribution in [0, 0.1) is 10.1 Å². The molecule has 19 heavy (non-hydrogen) atoms. The Kier molecular flexibility index (Phi) is 7.06. The summed E-state index contributed by atoms with van der Waals surface area (Å²) in [7, 11) is 0. The van der Waals surface area contributed by atoms with E-state index >= 15 is 0 Å². The number of nitro benzene ring substituents is 1.